The van der Waals surface area contributed by atoms with Gasteiger partial charge in [-0.3, -0.25) is 0 Å². The van der Waals surface area contributed by atoms with Crippen molar-refractivity contribution in [3.05, 3.63) is 0 Å². The lowest BCUT2D eigenvalue weighted by atomic mass is 9.87. The number of hydrogen-bond acceptors (Lipinski definition) is 2. The maximum absolute atomic E-state index is 12.3. The Morgan fingerprint density at radius 1 is 1.00 bits per heavy atom. The topological polar surface area (TPSA) is 69.6 Å². The zero-order chi connectivity index (χ0) is 15.1. The number of carboxylic acid groups (broad SMARTS) is 1. The van der Waals surface area contributed by atoms with Gasteiger partial charge < -0.3 is 15.3 Å². The third kappa shape index (κ3) is 4.90. The Morgan fingerprint density at radius 3 is 2.38 bits per heavy atom. The largest absolute Gasteiger partial charge is 0.480 e. The van der Waals surface area contributed by atoms with Crippen LogP contribution in [0.3, 0.4) is 0 Å². The van der Waals surface area contributed by atoms with Crippen LogP contribution in [0.1, 0.15) is 64.2 Å². The van der Waals surface area contributed by atoms with E-state index in [0.29, 0.717) is 19.5 Å². The van der Waals surface area contributed by atoms with E-state index in [2.05, 4.69) is 5.32 Å². The third-order valence-electron chi connectivity index (χ3n) is 4.85. The average molecular weight is 296 g/mol. The van der Waals surface area contributed by atoms with E-state index < -0.39 is 12.0 Å². The first-order chi connectivity index (χ1) is 10.2. The van der Waals surface area contributed by atoms with Crippen LogP contribution >= 0.6 is 0 Å². The van der Waals surface area contributed by atoms with Crippen molar-refractivity contribution in [3.63, 3.8) is 0 Å². The van der Waals surface area contributed by atoms with Gasteiger partial charge >= 0.3 is 12.0 Å². The first kappa shape index (κ1) is 16.1. The lowest BCUT2D eigenvalue weighted by Crippen LogP contribution is -2.49. The molecule has 2 N–H and O–H groups in total. The molecule has 1 aliphatic heterocycles. The first-order valence-corrected chi connectivity index (χ1v) is 8.46. The molecule has 1 unspecified atom stereocenters. The summed E-state index contributed by atoms with van der Waals surface area (Å²) in [7, 11) is 0. The average Bonchev–Trinajstić information content (AvgIpc) is 2.74. The standard InChI is InChI=1S/C16H28N2O3/c19-15(20)14-9-5-2-6-12-18(14)16(21)17-11-10-13-7-3-1-4-8-13/h13-14H,1-12H2,(H,17,21)(H,19,20). The zero-order valence-electron chi connectivity index (χ0n) is 12.9. The van der Waals surface area contributed by atoms with E-state index >= 15 is 0 Å². The first-order valence-electron chi connectivity index (χ1n) is 8.46. The molecule has 0 aromatic heterocycles. The fourth-order valence-electron chi connectivity index (χ4n) is 3.57. The molecule has 120 valence electrons. The van der Waals surface area contributed by atoms with E-state index in [-0.39, 0.29) is 6.03 Å². The molecule has 5 heteroatoms. The minimum Gasteiger partial charge on any atom is -0.480 e. The summed E-state index contributed by atoms with van der Waals surface area (Å²) >= 11 is 0. The highest BCUT2D eigenvalue weighted by Crippen LogP contribution is 2.25. The zero-order valence-corrected chi connectivity index (χ0v) is 12.9. The van der Waals surface area contributed by atoms with Gasteiger partial charge in [-0.2, -0.15) is 0 Å². The number of rotatable bonds is 4. The predicted octanol–water partition coefficient (Wildman–Crippen LogP) is 3.00. The van der Waals surface area contributed by atoms with Crippen LogP contribution in [0.25, 0.3) is 0 Å². The summed E-state index contributed by atoms with van der Waals surface area (Å²) in [4.78, 5) is 25.1. The van der Waals surface area contributed by atoms with Gasteiger partial charge in [0.25, 0.3) is 0 Å². The van der Waals surface area contributed by atoms with E-state index in [4.69, 9.17) is 0 Å². The molecule has 2 aliphatic rings. The number of nitrogens with one attached hydrogen (secondary N) is 1. The van der Waals surface area contributed by atoms with Gasteiger partial charge in [-0.05, 0) is 25.2 Å². The molecule has 0 aromatic carbocycles. The van der Waals surface area contributed by atoms with Crippen molar-refractivity contribution in [2.24, 2.45) is 5.92 Å². The smallest absolute Gasteiger partial charge is 0.326 e. The van der Waals surface area contributed by atoms with E-state index in [1.807, 2.05) is 0 Å². The Bertz CT molecular complexity index is 353. The fourth-order valence-corrected chi connectivity index (χ4v) is 3.57. The summed E-state index contributed by atoms with van der Waals surface area (Å²) in [6.45, 7) is 1.23. The SMILES string of the molecule is O=C(O)C1CCCCCN1C(=O)NCCC1CCCCC1. The fraction of sp³-hybridized carbons (Fsp3) is 0.875. The van der Waals surface area contributed by atoms with Gasteiger partial charge in [-0.25, -0.2) is 9.59 Å². The molecule has 1 saturated heterocycles. The van der Waals surface area contributed by atoms with Gasteiger partial charge in [-0.15, -0.1) is 0 Å². The Labute approximate surface area is 127 Å². The number of likely N-dealkylation sites (tertiary alicyclic amines) is 1. The summed E-state index contributed by atoms with van der Waals surface area (Å²) in [5.74, 6) is -0.141. The normalized spacial score (nSPS) is 24.4. The molecule has 2 amide bonds. The molecule has 21 heavy (non-hydrogen) atoms. The van der Waals surface area contributed by atoms with E-state index in [9.17, 15) is 14.7 Å². The quantitative estimate of drug-likeness (QED) is 0.838. The van der Waals surface area contributed by atoms with Crippen molar-refractivity contribution in [1.82, 2.24) is 10.2 Å². The van der Waals surface area contributed by atoms with Crippen molar-refractivity contribution >= 4 is 12.0 Å². The number of carboxylic acids is 1. The van der Waals surface area contributed by atoms with E-state index in [1.165, 1.54) is 37.0 Å². The Kier molecular flexibility index (Phi) is 6.33. The van der Waals surface area contributed by atoms with Crippen LogP contribution in [-0.2, 0) is 4.79 Å². The van der Waals surface area contributed by atoms with Crippen LogP contribution in [0, 0.1) is 5.92 Å². The summed E-state index contributed by atoms with van der Waals surface area (Å²) in [6, 6.07) is -0.845. The number of hydrogen-bond donors (Lipinski definition) is 2. The predicted molar refractivity (Wildman–Crippen MR) is 81.2 cm³/mol. The van der Waals surface area contributed by atoms with E-state index in [1.54, 1.807) is 0 Å². The summed E-state index contributed by atoms with van der Waals surface area (Å²) in [5, 5.41) is 12.2. The second-order valence-electron chi connectivity index (χ2n) is 6.42. The van der Waals surface area contributed by atoms with Crippen LogP contribution in [0.2, 0.25) is 0 Å². The number of nitrogens with zero attached hydrogens (tertiary/aromatic N) is 1. The van der Waals surface area contributed by atoms with Gasteiger partial charge in [0.05, 0.1) is 0 Å². The molecule has 0 radical (unpaired) electrons. The molecule has 1 saturated carbocycles. The van der Waals surface area contributed by atoms with Crippen LogP contribution in [-0.4, -0.2) is 41.1 Å². The Morgan fingerprint density at radius 2 is 1.67 bits per heavy atom. The maximum Gasteiger partial charge on any atom is 0.326 e. The van der Waals surface area contributed by atoms with Crippen molar-refractivity contribution < 1.29 is 14.7 Å². The molecule has 5 nitrogen and oxygen atoms in total. The molecule has 1 atom stereocenters. The number of aliphatic carboxylic acids is 1. The number of urea groups is 1. The van der Waals surface area contributed by atoms with Crippen molar-refractivity contribution in [3.8, 4) is 0 Å². The molecule has 2 rings (SSSR count). The number of carbonyl (C=O) groups excluding carboxylic acids is 1. The number of amides is 2. The van der Waals surface area contributed by atoms with Gasteiger partial charge in [0, 0.05) is 13.1 Å². The van der Waals surface area contributed by atoms with Crippen LogP contribution < -0.4 is 5.32 Å². The lowest BCUT2D eigenvalue weighted by molar-refractivity contribution is -0.142. The molecule has 0 aromatic rings. The monoisotopic (exact) mass is 296 g/mol. The highest BCUT2D eigenvalue weighted by molar-refractivity contribution is 5.82. The maximum atomic E-state index is 12.3. The minimum absolute atomic E-state index is 0.194. The van der Waals surface area contributed by atoms with Crippen LogP contribution in [0.4, 0.5) is 4.79 Å². The van der Waals surface area contributed by atoms with Crippen LogP contribution in [0.5, 0.6) is 0 Å². The van der Waals surface area contributed by atoms with Crippen molar-refractivity contribution in [2.45, 2.75) is 70.3 Å². The minimum atomic E-state index is -0.876. The molecule has 1 aliphatic carbocycles. The highest BCUT2D eigenvalue weighted by atomic mass is 16.4. The van der Waals surface area contributed by atoms with Gasteiger partial charge in [0.2, 0.25) is 0 Å². The molecular weight excluding hydrogens is 268 g/mol. The second-order valence-corrected chi connectivity index (χ2v) is 6.42. The lowest BCUT2D eigenvalue weighted by Gasteiger charge is -2.28. The molecular formula is C16H28N2O3. The van der Waals surface area contributed by atoms with Crippen molar-refractivity contribution in [1.29, 1.82) is 0 Å². The van der Waals surface area contributed by atoms with Crippen molar-refractivity contribution in [2.75, 3.05) is 13.1 Å². The van der Waals surface area contributed by atoms with Crippen LogP contribution in [0.15, 0.2) is 0 Å². The summed E-state index contributed by atoms with van der Waals surface area (Å²) in [6.07, 6.45) is 10.9. The summed E-state index contributed by atoms with van der Waals surface area (Å²) < 4.78 is 0. The molecule has 2 fully saturated rings. The number of carbonyl (C=O) groups is 2. The molecule has 0 spiro atoms. The van der Waals surface area contributed by atoms with Gasteiger partial charge in [0.1, 0.15) is 6.04 Å². The highest BCUT2D eigenvalue weighted by Gasteiger charge is 2.30. The third-order valence-corrected chi connectivity index (χ3v) is 4.85. The second kappa shape index (κ2) is 8.25. The van der Waals surface area contributed by atoms with E-state index in [0.717, 1.165) is 31.6 Å². The molecule has 1 heterocycles. The van der Waals surface area contributed by atoms with Gasteiger partial charge in [0.15, 0.2) is 0 Å². The Hall–Kier alpha value is -1.26. The summed E-state index contributed by atoms with van der Waals surface area (Å²) in [5.41, 5.74) is 0. The molecule has 0 bridgehead atoms. The Balaban J connectivity index is 1.78. The van der Waals surface area contributed by atoms with Gasteiger partial charge in [-0.1, -0.05) is 44.9 Å².